The van der Waals surface area contributed by atoms with Crippen LogP contribution in [0.3, 0.4) is 0 Å². The lowest BCUT2D eigenvalue weighted by atomic mass is 10.0. The van der Waals surface area contributed by atoms with E-state index in [0.717, 1.165) is 19.5 Å². The van der Waals surface area contributed by atoms with Crippen molar-refractivity contribution in [1.29, 1.82) is 0 Å². The van der Waals surface area contributed by atoms with E-state index in [2.05, 4.69) is 29.2 Å². The summed E-state index contributed by atoms with van der Waals surface area (Å²) in [6, 6.07) is 8.53. The van der Waals surface area contributed by atoms with Crippen LogP contribution >= 0.6 is 0 Å². The average Bonchev–Trinajstić information content (AvgIpc) is 2.78. The Labute approximate surface area is 103 Å². The van der Waals surface area contributed by atoms with E-state index in [4.69, 9.17) is 5.73 Å². The van der Waals surface area contributed by atoms with Gasteiger partial charge < -0.3 is 15.7 Å². The molecule has 2 unspecified atom stereocenters. The molecule has 1 aromatic carbocycles. The van der Waals surface area contributed by atoms with Crippen molar-refractivity contribution in [2.24, 2.45) is 11.7 Å². The molecule has 0 radical (unpaired) electrons. The van der Waals surface area contributed by atoms with Gasteiger partial charge in [-0.1, -0.05) is 12.1 Å². The van der Waals surface area contributed by atoms with Crippen LogP contribution in [0.15, 0.2) is 24.3 Å². The smallest absolute Gasteiger partial charge is 0.0557 e. The minimum Gasteiger partial charge on any atom is -0.393 e. The van der Waals surface area contributed by atoms with Gasteiger partial charge in [-0.15, -0.1) is 0 Å². The summed E-state index contributed by atoms with van der Waals surface area (Å²) < 4.78 is 0. The van der Waals surface area contributed by atoms with Crippen molar-refractivity contribution in [1.82, 2.24) is 0 Å². The predicted molar refractivity (Wildman–Crippen MR) is 71.0 cm³/mol. The second-order valence-electron chi connectivity index (χ2n) is 5.12. The van der Waals surface area contributed by atoms with Crippen LogP contribution in [0.2, 0.25) is 0 Å². The van der Waals surface area contributed by atoms with E-state index in [1.165, 1.54) is 11.3 Å². The van der Waals surface area contributed by atoms with E-state index in [0.29, 0.717) is 5.92 Å². The highest BCUT2D eigenvalue weighted by Crippen LogP contribution is 2.26. The van der Waals surface area contributed by atoms with Crippen LogP contribution in [0.5, 0.6) is 0 Å². The molecule has 1 aromatic rings. The lowest BCUT2D eigenvalue weighted by molar-refractivity contribution is 0.136. The van der Waals surface area contributed by atoms with Gasteiger partial charge in [0.2, 0.25) is 0 Å². The lowest BCUT2D eigenvalue weighted by Gasteiger charge is -2.20. The SMILES string of the molecule is CC(O)C1CCN(c2ccc([C@@H](C)N)cc2)C1. The van der Waals surface area contributed by atoms with Crippen molar-refractivity contribution >= 4 is 5.69 Å². The third kappa shape index (κ3) is 2.79. The number of hydrogen-bond donors (Lipinski definition) is 2. The molecule has 2 rings (SSSR count). The maximum absolute atomic E-state index is 9.59. The molecule has 0 spiro atoms. The second-order valence-corrected chi connectivity index (χ2v) is 5.12. The zero-order valence-corrected chi connectivity index (χ0v) is 10.6. The summed E-state index contributed by atoms with van der Waals surface area (Å²) in [6.45, 7) is 5.87. The summed E-state index contributed by atoms with van der Waals surface area (Å²) in [4.78, 5) is 2.34. The molecule has 3 nitrogen and oxygen atoms in total. The molecule has 1 aliphatic rings. The second kappa shape index (κ2) is 5.07. The quantitative estimate of drug-likeness (QED) is 0.840. The fraction of sp³-hybridized carbons (Fsp3) is 0.571. The molecule has 94 valence electrons. The van der Waals surface area contributed by atoms with Crippen molar-refractivity contribution in [2.75, 3.05) is 18.0 Å². The van der Waals surface area contributed by atoms with Crippen LogP contribution in [-0.4, -0.2) is 24.3 Å². The third-order valence-corrected chi connectivity index (χ3v) is 3.69. The average molecular weight is 234 g/mol. The number of hydrogen-bond acceptors (Lipinski definition) is 3. The zero-order valence-electron chi connectivity index (χ0n) is 10.6. The Hall–Kier alpha value is -1.06. The van der Waals surface area contributed by atoms with Crippen molar-refractivity contribution in [3.63, 3.8) is 0 Å². The molecular formula is C14H22N2O. The number of rotatable bonds is 3. The van der Waals surface area contributed by atoms with E-state index < -0.39 is 0 Å². The Balaban J connectivity index is 2.04. The van der Waals surface area contributed by atoms with Gasteiger partial charge >= 0.3 is 0 Å². The molecule has 0 aromatic heterocycles. The van der Waals surface area contributed by atoms with E-state index in [-0.39, 0.29) is 12.1 Å². The normalized spacial score (nSPS) is 23.8. The van der Waals surface area contributed by atoms with E-state index in [1.807, 2.05) is 13.8 Å². The molecule has 3 heteroatoms. The Morgan fingerprint density at radius 3 is 2.41 bits per heavy atom. The molecule has 1 fully saturated rings. The fourth-order valence-corrected chi connectivity index (χ4v) is 2.40. The molecule has 0 aliphatic carbocycles. The van der Waals surface area contributed by atoms with Gasteiger partial charge in [-0.2, -0.15) is 0 Å². The monoisotopic (exact) mass is 234 g/mol. The van der Waals surface area contributed by atoms with Crippen molar-refractivity contribution in [3.05, 3.63) is 29.8 Å². The zero-order chi connectivity index (χ0) is 12.4. The van der Waals surface area contributed by atoms with E-state index in [1.54, 1.807) is 0 Å². The first-order valence-electron chi connectivity index (χ1n) is 6.36. The van der Waals surface area contributed by atoms with Crippen molar-refractivity contribution in [2.45, 2.75) is 32.4 Å². The van der Waals surface area contributed by atoms with Crippen LogP contribution in [-0.2, 0) is 0 Å². The van der Waals surface area contributed by atoms with Crippen LogP contribution in [0, 0.1) is 5.92 Å². The molecule has 0 amide bonds. The van der Waals surface area contributed by atoms with Gasteiger partial charge in [-0.3, -0.25) is 0 Å². The molecule has 3 atom stereocenters. The first kappa shape index (κ1) is 12.4. The summed E-state index contributed by atoms with van der Waals surface area (Å²) in [5.74, 6) is 0.406. The van der Waals surface area contributed by atoms with Crippen LogP contribution in [0.4, 0.5) is 5.69 Å². The summed E-state index contributed by atoms with van der Waals surface area (Å²) in [5.41, 5.74) is 8.23. The number of nitrogens with two attached hydrogens (primary N) is 1. The molecule has 1 heterocycles. The molecule has 0 saturated carbocycles. The topological polar surface area (TPSA) is 49.5 Å². The van der Waals surface area contributed by atoms with Crippen molar-refractivity contribution in [3.8, 4) is 0 Å². The molecular weight excluding hydrogens is 212 g/mol. The largest absolute Gasteiger partial charge is 0.393 e. The Morgan fingerprint density at radius 1 is 1.29 bits per heavy atom. The molecule has 17 heavy (non-hydrogen) atoms. The number of aliphatic hydroxyl groups excluding tert-OH is 1. The van der Waals surface area contributed by atoms with Gasteiger partial charge in [0.25, 0.3) is 0 Å². The number of nitrogens with zero attached hydrogens (tertiary/aromatic N) is 1. The molecule has 1 saturated heterocycles. The van der Waals surface area contributed by atoms with Gasteiger partial charge in [0.05, 0.1) is 6.10 Å². The molecule has 3 N–H and O–H groups in total. The van der Waals surface area contributed by atoms with E-state index in [9.17, 15) is 5.11 Å². The Kier molecular flexibility index (Phi) is 3.69. The summed E-state index contributed by atoms with van der Waals surface area (Å²) in [7, 11) is 0. The fourth-order valence-electron chi connectivity index (χ4n) is 2.40. The third-order valence-electron chi connectivity index (χ3n) is 3.69. The molecule has 0 bridgehead atoms. The van der Waals surface area contributed by atoms with Gasteiger partial charge in [0.15, 0.2) is 0 Å². The van der Waals surface area contributed by atoms with E-state index >= 15 is 0 Å². The summed E-state index contributed by atoms with van der Waals surface area (Å²) >= 11 is 0. The van der Waals surface area contributed by atoms with Gasteiger partial charge in [0, 0.05) is 30.7 Å². The lowest BCUT2D eigenvalue weighted by Crippen LogP contribution is -2.23. The number of anilines is 1. The highest BCUT2D eigenvalue weighted by molar-refractivity contribution is 5.49. The number of benzene rings is 1. The maximum atomic E-state index is 9.59. The first-order valence-corrected chi connectivity index (χ1v) is 6.36. The highest BCUT2D eigenvalue weighted by atomic mass is 16.3. The van der Waals surface area contributed by atoms with Crippen LogP contribution in [0.1, 0.15) is 31.9 Å². The maximum Gasteiger partial charge on any atom is 0.0557 e. The van der Waals surface area contributed by atoms with Crippen molar-refractivity contribution < 1.29 is 5.11 Å². The van der Waals surface area contributed by atoms with Crippen LogP contribution < -0.4 is 10.6 Å². The Bertz CT molecular complexity index is 359. The number of aliphatic hydroxyl groups is 1. The minimum atomic E-state index is -0.205. The summed E-state index contributed by atoms with van der Waals surface area (Å²) in [5, 5.41) is 9.59. The highest BCUT2D eigenvalue weighted by Gasteiger charge is 2.25. The predicted octanol–water partition coefficient (Wildman–Crippen LogP) is 1.91. The molecule has 1 aliphatic heterocycles. The van der Waals surface area contributed by atoms with Gasteiger partial charge in [0.1, 0.15) is 0 Å². The van der Waals surface area contributed by atoms with Crippen LogP contribution in [0.25, 0.3) is 0 Å². The summed E-state index contributed by atoms with van der Waals surface area (Å²) in [6.07, 6.45) is 0.871. The minimum absolute atomic E-state index is 0.0906. The van der Waals surface area contributed by atoms with Gasteiger partial charge in [-0.25, -0.2) is 0 Å². The Morgan fingerprint density at radius 2 is 1.94 bits per heavy atom. The first-order chi connectivity index (χ1) is 8.08. The van der Waals surface area contributed by atoms with Gasteiger partial charge in [-0.05, 0) is 38.0 Å². The standard InChI is InChI=1S/C14H22N2O/c1-10(15)12-3-5-14(6-4-12)16-8-7-13(9-16)11(2)17/h3-6,10-11,13,17H,7-9,15H2,1-2H3/t10-,11?,13?/m1/s1.